The molecule has 1 amide bonds. The van der Waals surface area contributed by atoms with Crippen molar-refractivity contribution in [2.24, 2.45) is 5.14 Å². The monoisotopic (exact) mass is 525 g/mol. The fourth-order valence-corrected chi connectivity index (χ4v) is 4.80. The highest BCUT2D eigenvalue weighted by molar-refractivity contribution is 7.98. The summed E-state index contributed by atoms with van der Waals surface area (Å²) in [5.41, 5.74) is 3.39. The highest BCUT2D eigenvalue weighted by Gasteiger charge is 2.22. The zero-order valence-corrected chi connectivity index (χ0v) is 21.3. The van der Waals surface area contributed by atoms with Gasteiger partial charge in [-0.2, -0.15) is 0 Å². The van der Waals surface area contributed by atoms with Gasteiger partial charge in [0.2, 0.25) is 10.0 Å². The molecule has 0 bridgehead atoms. The summed E-state index contributed by atoms with van der Waals surface area (Å²) in [6.07, 6.45) is 0. The number of amides is 1. The van der Waals surface area contributed by atoms with Crippen LogP contribution in [-0.2, 0) is 15.8 Å². The quantitative estimate of drug-likeness (QED) is 0.261. The number of nitrogens with one attached hydrogen (secondary N) is 1. The van der Waals surface area contributed by atoms with Gasteiger partial charge < -0.3 is 10.1 Å². The largest absolute Gasteiger partial charge is 0.497 e. The number of methoxy groups -OCH3 is 1. The molecule has 0 saturated carbocycles. The van der Waals surface area contributed by atoms with Gasteiger partial charge in [0.05, 0.1) is 23.4 Å². The fourth-order valence-electron chi connectivity index (χ4n) is 3.35. The molecule has 0 atom stereocenters. The van der Waals surface area contributed by atoms with Gasteiger partial charge in [-0.25, -0.2) is 28.2 Å². The maximum Gasteiger partial charge on any atom is 0.278 e. The molecule has 2 heterocycles. The van der Waals surface area contributed by atoms with Gasteiger partial charge in [-0.15, -0.1) is 5.10 Å². The van der Waals surface area contributed by atoms with Crippen molar-refractivity contribution in [1.82, 2.24) is 25.0 Å². The summed E-state index contributed by atoms with van der Waals surface area (Å²) in [6, 6.07) is 14.6. The molecule has 0 saturated heterocycles. The third kappa shape index (κ3) is 5.87. The van der Waals surface area contributed by atoms with Crippen molar-refractivity contribution in [3.63, 3.8) is 0 Å². The Balaban J connectivity index is 1.65. The number of carbonyl (C=O) groups is 1. The number of hydrogen-bond acceptors (Lipinski definition) is 9. The summed E-state index contributed by atoms with van der Waals surface area (Å²) in [4.78, 5) is 22.0. The number of aromatic nitrogens is 5. The third-order valence-corrected chi connectivity index (χ3v) is 6.82. The molecule has 13 heteroatoms. The molecule has 0 aliphatic rings. The average molecular weight is 526 g/mol. The molecule has 0 unspecified atom stereocenters. The van der Waals surface area contributed by atoms with E-state index < -0.39 is 15.9 Å². The number of hydrogen-bond donors (Lipinski definition) is 2. The van der Waals surface area contributed by atoms with Crippen molar-refractivity contribution in [3.8, 4) is 11.4 Å². The Labute approximate surface area is 212 Å². The summed E-state index contributed by atoms with van der Waals surface area (Å²) in [5, 5.41) is 16.8. The molecule has 0 aliphatic heterocycles. The van der Waals surface area contributed by atoms with Crippen LogP contribution in [0.2, 0.25) is 0 Å². The molecule has 0 spiro atoms. The summed E-state index contributed by atoms with van der Waals surface area (Å²) in [5.74, 6) is 0.490. The number of rotatable bonds is 8. The Morgan fingerprint density at radius 3 is 2.28 bits per heavy atom. The molecular formula is C23H23N7O4S2. The normalized spacial score (nSPS) is 11.3. The standard InChI is InChI=1S/C23H23N7O4S2/c1-14-12-15(2)26-23(25-14)35-13-20-21(28-29-30(20)17-6-8-18(34-3)9-7-17)22(31)27-16-4-10-19(11-5-16)36(24,32)33/h4-12H,13H2,1-3H3,(H,27,31)(H2,24,32,33). The molecule has 0 fully saturated rings. The number of anilines is 1. The van der Waals surface area contributed by atoms with Gasteiger partial charge in [0.1, 0.15) is 5.75 Å². The van der Waals surface area contributed by atoms with Crippen molar-refractivity contribution >= 4 is 33.4 Å². The number of primary sulfonamides is 1. The van der Waals surface area contributed by atoms with E-state index >= 15 is 0 Å². The minimum absolute atomic E-state index is 0.0588. The van der Waals surface area contributed by atoms with Crippen molar-refractivity contribution in [1.29, 1.82) is 0 Å². The van der Waals surface area contributed by atoms with Crippen molar-refractivity contribution in [2.45, 2.75) is 29.7 Å². The number of aryl methyl sites for hydroxylation is 2. The van der Waals surface area contributed by atoms with Crippen LogP contribution in [-0.4, -0.2) is 46.4 Å². The highest BCUT2D eigenvalue weighted by Crippen LogP contribution is 2.25. The van der Waals surface area contributed by atoms with E-state index in [1.165, 1.54) is 36.0 Å². The van der Waals surface area contributed by atoms with Gasteiger partial charge in [0, 0.05) is 22.8 Å². The third-order valence-electron chi connectivity index (χ3n) is 5.04. The van der Waals surface area contributed by atoms with Crippen LogP contribution < -0.4 is 15.2 Å². The van der Waals surface area contributed by atoms with Gasteiger partial charge in [-0.1, -0.05) is 17.0 Å². The van der Waals surface area contributed by atoms with Crippen LogP contribution in [0.4, 0.5) is 5.69 Å². The highest BCUT2D eigenvalue weighted by atomic mass is 32.2. The minimum Gasteiger partial charge on any atom is -0.497 e. The Morgan fingerprint density at radius 2 is 1.69 bits per heavy atom. The summed E-state index contributed by atoms with van der Waals surface area (Å²) in [7, 11) is -2.26. The lowest BCUT2D eigenvalue weighted by Crippen LogP contribution is -2.16. The van der Waals surface area contributed by atoms with Gasteiger partial charge >= 0.3 is 0 Å². The Bertz CT molecular complexity index is 1480. The number of sulfonamides is 1. The molecule has 3 N–H and O–H groups in total. The lowest BCUT2D eigenvalue weighted by molar-refractivity contribution is 0.102. The van der Waals surface area contributed by atoms with Crippen molar-refractivity contribution in [3.05, 3.63) is 77.4 Å². The maximum absolute atomic E-state index is 13.2. The van der Waals surface area contributed by atoms with Crippen molar-refractivity contribution in [2.75, 3.05) is 12.4 Å². The first-order valence-corrected chi connectivity index (χ1v) is 13.2. The molecular weight excluding hydrogens is 502 g/mol. The van der Waals surface area contributed by atoms with E-state index in [4.69, 9.17) is 9.88 Å². The minimum atomic E-state index is -3.84. The molecule has 0 aliphatic carbocycles. The van der Waals surface area contributed by atoms with Crippen LogP contribution >= 0.6 is 11.8 Å². The molecule has 4 aromatic rings. The molecule has 2 aromatic heterocycles. The fraction of sp³-hybridized carbons (Fsp3) is 0.174. The molecule has 186 valence electrons. The topological polar surface area (TPSA) is 155 Å². The van der Waals surface area contributed by atoms with Gasteiger partial charge in [-0.3, -0.25) is 4.79 Å². The molecule has 36 heavy (non-hydrogen) atoms. The zero-order valence-electron chi connectivity index (χ0n) is 19.7. The summed E-state index contributed by atoms with van der Waals surface area (Å²) < 4.78 is 29.8. The first kappa shape index (κ1) is 25.3. The number of nitrogens with zero attached hydrogens (tertiary/aromatic N) is 5. The van der Waals surface area contributed by atoms with Crippen LogP contribution in [0, 0.1) is 13.8 Å². The van der Waals surface area contributed by atoms with E-state index in [-0.39, 0.29) is 10.6 Å². The zero-order chi connectivity index (χ0) is 25.9. The lowest BCUT2D eigenvalue weighted by atomic mass is 10.2. The van der Waals surface area contributed by atoms with E-state index in [1.807, 2.05) is 32.0 Å². The molecule has 0 radical (unpaired) electrons. The number of carbonyl (C=O) groups excluding carboxylic acids is 1. The van der Waals surface area contributed by atoms with Crippen LogP contribution in [0.3, 0.4) is 0 Å². The molecule has 4 rings (SSSR count). The van der Waals surface area contributed by atoms with E-state index in [9.17, 15) is 13.2 Å². The number of thioether (sulfide) groups is 1. The van der Waals surface area contributed by atoms with E-state index in [0.29, 0.717) is 33.7 Å². The predicted octanol–water partition coefficient (Wildman–Crippen LogP) is 2.87. The second kappa shape index (κ2) is 10.4. The Hall–Kier alpha value is -3.81. The summed E-state index contributed by atoms with van der Waals surface area (Å²) >= 11 is 1.36. The van der Waals surface area contributed by atoms with Crippen LogP contribution in [0.25, 0.3) is 5.69 Å². The van der Waals surface area contributed by atoms with Gasteiger partial charge in [0.25, 0.3) is 5.91 Å². The number of ether oxygens (including phenoxy) is 1. The number of benzene rings is 2. The SMILES string of the molecule is COc1ccc(-n2nnc(C(=O)Nc3ccc(S(N)(=O)=O)cc3)c2CSc2nc(C)cc(C)n2)cc1. The Morgan fingerprint density at radius 1 is 1.06 bits per heavy atom. The van der Waals surface area contributed by atoms with Gasteiger partial charge in [0.15, 0.2) is 10.9 Å². The van der Waals surface area contributed by atoms with Gasteiger partial charge in [-0.05, 0) is 68.4 Å². The second-order valence-corrected chi connectivity index (χ2v) is 10.2. The second-order valence-electron chi connectivity index (χ2n) is 7.74. The average Bonchev–Trinajstić information content (AvgIpc) is 3.26. The first-order chi connectivity index (χ1) is 17.1. The van der Waals surface area contributed by atoms with Crippen LogP contribution in [0.1, 0.15) is 27.6 Å². The molecule has 2 aromatic carbocycles. The van der Waals surface area contributed by atoms with Crippen molar-refractivity contribution < 1.29 is 17.9 Å². The van der Waals surface area contributed by atoms with E-state index in [0.717, 1.165) is 11.4 Å². The van der Waals surface area contributed by atoms with Crippen LogP contribution in [0.5, 0.6) is 5.75 Å². The lowest BCUT2D eigenvalue weighted by Gasteiger charge is -2.10. The first-order valence-electron chi connectivity index (χ1n) is 10.6. The van der Waals surface area contributed by atoms with E-state index in [2.05, 4.69) is 25.6 Å². The number of nitrogens with two attached hydrogens (primary N) is 1. The van der Waals surface area contributed by atoms with Crippen LogP contribution in [0.15, 0.2) is 64.6 Å². The predicted molar refractivity (Wildman–Crippen MR) is 135 cm³/mol. The smallest absolute Gasteiger partial charge is 0.278 e. The summed E-state index contributed by atoms with van der Waals surface area (Å²) in [6.45, 7) is 3.78. The molecule has 11 nitrogen and oxygen atoms in total. The van der Waals surface area contributed by atoms with E-state index in [1.54, 1.807) is 23.9 Å². The Kier molecular flexibility index (Phi) is 7.33. The maximum atomic E-state index is 13.2.